The number of hydrogen-bond acceptors (Lipinski definition) is 8. The zero-order chi connectivity index (χ0) is 25.2. The maximum absolute atomic E-state index is 13.2. The molecular weight excluding hydrogens is 468 g/mol. The topological polar surface area (TPSA) is 121 Å². The molecule has 0 radical (unpaired) electrons. The molecule has 10 heteroatoms. The van der Waals surface area contributed by atoms with Gasteiger partial charge in [-0.3, -0.25) is 19.9 Å². The average Bonchev–Trinajstić information content (AvgIpc) is 3.59. The number of pyridine rings is 2. The Balaban J connectivity index is 1.24. The molecule has 5 heterocycles. The smallest absolute Gasteiger partial charge is 0.251 e. The van der Waals surface area contributed by atoms with Crippen LogP contribution in [0.5, 0.6) is 5.75 Å². The molecule has 0 saturated carbocycles. The average molecular weight is 497 g/mol. The number of anilines is 1. The third-order valence-corrected chi connectivity index (χ3v) is 7.12. The van der Waals surface area contributed by atoms with E-state index < -0.39 is 5.54 Å². The molecule has 1 saturated heterocycles. The molecule has 0 aliphatic carbocycles. The Morgan fingerprint density at radius 3 is 2.76 bits per heavy atom. The van der Waals surface area contributed by atoms with E-state index in [1.807, 2.05) is 42.5 Å². The van der Waals surface area contributed by atoms with Crippen molar-refractivity contribution in [2.75, 3.05) is 32.1 Å². The van der Waals surface area contributed by atoms with Gasteiger partial charge in [0.2, 0.25) is 0 Å². The number of likely N-dealkylation sites (tertiary alicyclic amines) is 1. The second-order valence-electron chi connectivity index (χ2n) is 9.59. The first-order valence-electron chi connectivity index (χ1n) is 12.4. The zero-order valence-electron chi connectivity index (χ0n) is 20.5. The van der Waals surface area contributed by atoms with Gasteiger partial charge in [0.1, 0.15) is 12.4 Å². The van der Waals surface area contributed by atoms with Crippen LogP contribution in [0.4, 0.5) is 5.69 Å². The molecule has 188 valence electrons. The molecule has 1 atom stereocenters. The lowest BCUT2D eigenvalue weighted by atomic mass is 9.86. The lowest BCUT2D eigenvalue weighted by Gasteiger charge is -2.40. The first kappa shape index (κ1) is 23.1. The number of nitrogens with one attached hydrogen (secondary N) is 3. The van der Waals surface area contributed by atoms with Crippen molar-refractivity contribution in [2.45, 2.75) is 24.4 Å². The highest BCUT2D eigenvalue weighted by Gasteiger charge is 2.39. The molecule has 3 N–H and O–H groups in total. The number of hydrogen-bond donors (Lipinski definition) is 3. The molecule has 1 aromatic carbocycles. The largest absolute Gasteiger partial charge is 0.491 e. The van der Waals surface area contributed by atoms with Crippen LogP contribution >= 0.6 is 0 Å². The second kappa shape index (κ2) is 9.62. The van der Waals surface area contributed by atoms with E-state index in [0.717, 1.165) is 54.3 Å². The van der Waals surface area contributed by atoms with Crippen LogP contribution in [-0.4, -0.2) is 62.7 Å². The summed E-state index contributed by atoms with van der Waals surface area (Å²) in [5.41, 5.74) is 2.78. The normalized spacial score (nSPS) is 18.6. The fraction of sp³-hybridized carbons (Fsp3) is 0.296. The fourth-order valence-corrected chi connectivity index (χ4v) is 4.95. The number of fused-ring (bicyclic) bond motifs is 1. The Hall–Kier alpha value is -4.31. The molecule has 4 aromatic rings. The van der Waals surface area contributed by atoms with E-state index in [1.165, 1.54) is 0 Å². The molecule has 0 unspecified atom stereocenters. The van der Waals surface area contributed by atoms with Crippen LogP contribution in [0.2, 0.25) is 0 Å². The monoisotopic (exact) mass is 496 g/mol. The van der Waals surface area contributed by atoms with E-state index in [4.69, 9.17) is 9.72 Å². The quantitative estimate of drug-likeness (QED) is 0.372. The van der Waals surface area contributed by atoms with Crippen LogP contribution in [0.3, 0.4) is 0 Å². The van der Waals surface area contributed by atoms with E-state index in [-0.39, 0.29) is 11.9 Å². The number of ether oxygens (including phenoxy) is 1. The lowest BCUT2D eigenvalue weighted by molar-refractivity contribution is 0.0930. The van der Waals surface area contributed by atoms with Gasteiger partial charge in [0.25, 0.3) is 5.91 Å². The Morgan fingerprint density at radius 1 is 1.11 bits per heavy atom. The maximum Gasteiger partial charge on any atom is 0.251 e. The van der Waals surface area contributed by atoms with Gasteiger partial charge in [0.05, 0.1) is 11.6 Å². The van der Waals surface area contributed by atoms with Crippen LogP contribution in [-0.2, 0) is 5.54 Å². The molecule has 10 nitrogen and oxygen atoms in total. The highest BCUT2D eigenvalue weighted by atomic mass is 16.5. The Labute approximate surface area is 214 Å². The minimum absolute atomic E-state index is 0.161. The molecule has 1 amide bonds. The number of rotatable bonds is 6. The van der Waals surface area contributed by atoms with Crippen molar-refractivity contribution in [2.24, 2.45) is 0 Å². The van der Waals surface area contributed by atoms with Crippen molar-refractivity contribution < 1.29 is 9.53 Å². The highest BCUT2D eigenvalue weighted by Crippen LogP contribution is 2.36. The van der Waals surface area contributed by atoms with Gasteiger partial charge in [-0.2, -0.15) is 5.10 Å². The second-order valence-corrected chi connectivity index (χ2v) is 9.59. The van der Waals surface area contributed by atoms with Gasteiger partial charge in [-0.25, -0.2) is 4.98 Å². The van der Waals surface area contributed by atoms with Crippen molar-refractivity contribution in [3.63, 3.8) is 0 Å². The number of nitrogens with zero attached hydrogens (tertiary/aromatic N) is 5. The summed E-state index contributed by atoms with van der Waals surface area (Å²) < 4.78 is 5.69. The van der Waals surface area contributed by atoms with Gasteiger partial charge in [-0.1, -0.05) is 6.07 Å². The molecular formula is C27H28N8O2. The van der Waals surface area contributed by atoms with Crippen LogP contribution in [0.1, 0.15) is 40.6 Å². The lowest BCUT2D eigenvalue weighted by Crippen LogP contribution is -2.46. The predicted molar refractivity (Wildman–Crippen MR) is 138 cm³/mol. The van der Waals surface area contributed by atoms with Gasteiger partial charge in [0, 0.05) is 60.3 Å². The number of aromatic amines is 1. The van der Waals surface area contributed by atoms with Crippen LogP contribution in [0, 0.1) is 0 Å². The number of H-pyrrole nitrogens is 1. The number of aromatic nitrogens is 5. The molecule has 3 aromatic heterocycles. The summed E-state index contributed by atoms with van der Waals surface area (Å²) in [7, 11) is 2.12. The molecule has 0 spiro atoms. The zero-order valence-corrected chi connectivity index (χ0v) is 20.5. The number of carbonyl (C=O) groups excluding carboxylic acids is 1. The van der Waals surface area contributed by atoms with Gasteiger partial charge in [-0.05, 0) is 56.3 Å². The molecule has 0 bridgehead atoms. The number of piperidine rings is 1. The molecule has 37 heavy (non-hydrogen) atoms. The molecule has 1 fully saturated rings. The summed E-state index contributed by atoms with van der Waals surface area (Å²) in [6.45, 7) is 2.22. The minimum Gasteiger partial charge on any atom is -0.491 e. The van der Waals surface area contributed by atoms with Crippen molar-refractivity contribution in [3.05, 3.63) is 84.2 Å². The third kappa shape index (κ3) is 4.63. The maximum atomic E-state index is 13.2. The van der Waals surface area contributed by atoms with Gasteiger partial charge in [0.15, 0.2) is 11.6 Å². The summed E-state index contributed by atoms with van der Waals surface area (Å²) in [6.07, 6.45) is 8.58. The van der Waals surface area contributed by atoms with E-state index in [2.05, 4.69) is 42.7 Å². The number of carbonyl (C=O) groups is 1. The summed E-state index contributed by atoms with van der Waals surface area (Å²) in [6, 6.07) is 13.0. The highest BCUT2D eigenvalue weighted by molar-refractivity contribution is 5.95. The Bertz CT molecular complexity index is 1400. The standard InChI is InChI=1S/C27H28N8O2/c1-35-13-8-27(9-14-35,26-31-24(33-34-26)18-5-10-28-11-6-18)32-20-4-2-3-19(15-20)25(36)30-22-17-37-23-7-12-29-16-21(22)23/h2-7,10-12,15-16,22,32H,8-9,13-14,17H2,1H3,(H,30,36)(H,31,33,34)/t22-/m1/s1. The first-order valence-corrected chi connectivity index (χ1v) is 12.4. The van der Waals surface area contributed by atoms with Crippen molar-refractivity contribution in [3.8, 4) is 17.1 Å². The summed E-state index contributed by atoms with van der Waals surface area (Å²) in [5, 5.41) is 14.5. The SMILES string of the molecule is CN1CCC(Nc2cccc(C(=O)N[C@@H]3COc4ccncc43)c2)(c2nc(-c3ccncc3)n[nH]2)CC1. The summed E-state index contributed by atoms with van der Waals surface area (Å²) in [4.78, 5) is 28.6. The van der Waals surface area contributed by atoms with Crippen LogP contribution in [0.25, 0.3) is 11.4 Å². The molecule has 6 rings (SSSR count). The van der Waals surface area contributed by atoms with Crippen LogP contribution in [0.15, 0.2) is 67.3 Å². The molecule has 2 aliphatic heterocycles. The summed E-state index contributed by atoms with van der Waals surface area (Å²) in [5.74, 6) is 2.03. The Morgan fingerprint density at radius 2 is 1.92 bits per heavy atom. The van der Waals surface area contributed by atoms with Crippen molar-refractivity contribution in [1.29, 1.82) is 0 Å². The van der Waals surface area contributed by atoms with Gasteiger partial charge in [-0.15, -0.1) is 0 Å². The Kier molecular flexibility index (Phi) is 6.01. The van der Waals surface area contributed by atoms with Crippen LogP contribution < -0.4 is 15.4 Å². The summed E-state index contributed by atoms with van der Waals surface area (Å²) >= 11 is 0. The third-order valence-electron chi connectivity index (χ3n) is 7.12. The van der Waals surface area contributed by atoms with Crippen molar-refractivity contribution in [1.82, 2.24) is 35.4 Å². The van der Waals surface area contributed by atoms with E-state index in [9.17, 15) is 4.79 Å². The predicted octanol–water partition coefficient (Wildman–Crippen LogP) is 3.16. The number of amides is 1. The number of benzene rings is 1. The van der Waals surface area contributed by atoms with E-state index >= 15 is 0 Å². The molecule has 2 aliphatic rings. The first-order chi connectivity index (χ1) is 18.1. The fourth-order valence-electron chi connectivity index (χ4n) is 4.95. The van der Waals surface area contributed by atoms with Gasteiger partial charge < -0.3 is 20.3 Å². The van der Waals surface area contributed by atoms with E-state index in [0.29, 0.717) is 18.0 Å². The van der Waals surface area contributed by atoms with Gasteiger partial charge >= 0.3 is 0 Å². The van der Waals surface area contributed by atoms with E-state index in [1.54, 1.807) is 24.8 Å². The minimum atomic E-state index is -0.441. The van der Waals surface area contributed by atoms with Crippen molar-refractivity contribution >= 4 is 11.6 Å².